The van der Waals surface area contributed by atoms with E-state index in [0.29, 0.717) is 16.8 Å². The van der Waals surface area contributed by atoms with Gasteiger partial charge >= 0.3 is 0 Å². The molecule has 0 bridgehead atoms. The van der Waals surface area contributed by atoms with Crippen molar-refractivity contribution in [2.24, 2.45) is 5.73 Å². The molecule has 2 aromatic carbocycles. The van der Waals surface area contributed by atoms with Gasteiger partial charge in [0.05, 0.1) is 5.69 Å². The molecule has 5 nitrogen and oxygen atoms in total. The zero-order valence-electron chi connectivity index (χ0n) is 13.4. The van der Waals surface area contributed by atoms with Crippen molar-refractivity contribution in [1.82, 2.24) is 0 Å². The third-order valence-corrected chi connectivity index (χ3v) is 6.79. The zero-order chi connectivity index (χ0) is 18.0. The lowest BCUT2D eigenvalue weighted by Gasteiger charge is -2.20. The van der Waals surface area contributed by atoms with Crippen LogP contribution in [0.2, 0.25) is 0 Å². The van der Waals surface area contributed by atoms with Gasteiger partial charge in [-0.15, -0.1) is 11.3 Å². The van der Waals surface area contributed by atoms with Crippen LogP contribution in [0.5, 0.6) is 0 Å². The van der Waals surface area contributed by atoms with Crippen molar-refractivity contribution in [3.63, 3.8) is 0 Å². The number of hydrogen-bond donors (Lipinski definition) is 1. The Bertz CT molecular complexity index is 997. The number of sulfonamides is 1. The number of nitrogens with zero attached hydrogens (tertiary/aromatic N) is 1. The Balaban J connectivity index is 2.21. The van der Waals surface area contributed by atoms with Crippen LogP contribution in [0.1, 0.15) is 9.67 Å². The molecule has 0 spiro atoms. The summed E-state index contributed by atoms with van der Waals surface area (Å²) in [4.78, 5) is 11.8. The summed E-state index contributed by atoms with van der Waals surface area (Å²) in [6.07, 6.45) is 0. The molecule has 0 aliphatic rings. The van der Waals surface area contributed by atoms with Gasteiger partial charge in [-0.25, -0.2) is 8.42 Å². The lowest BCUT2D eigenvalue weighted by molar-refractivity contribution is 0.100. The van der Waals surface area contributed by atoms with E-state index in [2.05, 4.69) is 0 Å². The van der Waals surface area contributed by atoms with Crippen molar-refractivity contribution >= 4 is 33.0 Å². The van der Waals surface area contributed by atoms with E-state index in [0.717, 1.165) is 15.6 Å². The average molecular weight is 372 g/mol. The first-order valence-electron chi connectivity index (χ1n) is 7.43. The molecular weight excluding hydrogens is 356 g/mol. The number of thiophene rings is 1. The molecule has 0 aliphatic carbocycles. The van der Waals surface area contributed by atoms with Crippen molar-refractivity contribution in [1.29, 1.82) is 0 Å². The number of carbonyl (C=O) groups excluding carboxylic acids is 1. The number of para-hydroxylation sites is 1. The van der Waals surface area contributed by atoms with E-state index < -0.39 is 15.9 Å². The van der Waals surface area contributed by atoms with Crippen LogP contribution in [0.4, 0.5) is 5.69 Å². The molecule has 0 saturated carbocycles. The van der Waals surface area contributed by atoms with Gasteiger partial charge < -0.3 is 5.73 Å². The number of hydrogen-bond acceptors (Lipinski definition) is 4. The first-order valence-corrected chi connectivity index (χ1v) is 9.75. The van der Waals surface area contributed by atoms with Crippen molar-refractivity contribution in [2.75, 3.05) is 11.4 Å². The van der Waals surface area contributed by atoms with Gasteiger partial charge in [-0.1, -0.05) is 48.5 Å². The minimum Gasteiger partial charge on any atom is -0.365 e. The standard InChI is InChI=1S/C18H16N2O3S2/c1-20(14-10-6-3-7-11-14)25(22,23)17-15(12-24-16(17)18(19)21)13-8-4-2-5-9-13/h2-12H,1H3,(H2,19,21). The summed E-state index contributed by atoms with van der Waals surface area (Å²) in [5, 5.41) is 1.65. The third kappa shape index (κ3) is 3.16. The molecule has 2 N–H and O–H groups in total. The average Bonchev–Trinajstić information content (AvgIpc) is 3.09. The van der Waals surface area contributed by atoms with Crippen molar-refractivity contribution in [2.45, 2.75) is 4.90 Å². The van der Waals surface area contributed by atoms with Gasteiger partial charge in [-0.2, -0.15) is 0 Å². The molecule has 25 heavy (non-hydrogen) atoms. The van der Waals surface area contributed by atoms with Gasteiger partial charge in [0, 0.05) is 18.0 Å². The predicted octanol–water partition coefficient (Wildman–Crippen LogP) is 3.34. The van der Waals surface area contributed by atoms with Crippen LogP contribution < -0.4 is 10.0 Å². The Labute approximate surface area is 150 Å². The fourth-order valence-electron chi connectivity index (χ4n) is 2.50. The Kier molecular flexibility index (Phi) is 4.61. The van der Waals surface area contributed by atoms with Crippen LogP contribution >= 0.6 is 11.3 Å². The Morgan fingerprint density at radius 2 is 1.56 bits per heavy atom. The highest BCUT2D eigenvalue weighted by Gasteiger charge is 2.31. The van der Waals surface area contributed by atoms with Gasteiger partial charge in [0.1, 0.15) is 9.77 Å². The Morgan fingerprint density at radius 1 is 1.00 bits per heavy atom. The molecule has 3 aromatic rings. The monoisotopic (exact) mass is 372 g/mol. The summed E-state index contributed by atoms with van der Waals surface area (Å²) in [5.41, 5.74) is 7.12. The Morgan fingerprint density at radius 3 is 2.12 bits per heavy atom. The molecule has 0 radical (unpaired) electrons. The predicted molar refractivity (Wildman–Crippen MR) is 100 cm³/mol. The fourth-order valence-corrected chi connectivity index (χ4v) is 5.32. The molecule has 1 heterocycles. The second-order valence-electron chi connectivity index (χ2n) is 5.35. The van der Waals surface area contributed by atoms with Gasteiger partial charge in [0.2, 0.25) is 0 Å². The molecule has 1 amide bonds. The molecule has 0 aliphatic heterocycles. The maximum atomic E-state index is 13.2. The van der Waals surface area contributed by atoms with Crippen LogP contribution in [0, 0.1) is 0 Å². The number of amides is 1. The number of carbonyl (C=O) groups is 1. The fraction of sp³-hybridized carbons (Fsp3) is 0.0556. The van der Waals surface area contributed by atoms with Crippen molar-refractivity contribution < 1.29 is 13.2 Å². The summed E-state index contributed by atoms with van der Waals surface area (Å²) < 4.78 is 27.6. The molecule has 7 heteroatoms. The number of nitrogens with two attached hydrogens (primary N) is 1. The topological polar surface area (TPSA) is 80.5 Å². The van der Waals surface area contributed by atoms with Crippen LogP contribution in [0.15, 0.2) is 70.9 Å². The van der Waals surface area contributed by atoms with E-state index in [-0.39, 0.29) is 9.77 Å². The van der Waals surface area contributed by atoms with Gasteiger partial charge in [-0.3, -0.25) is 9.10 Å². The molecular formula is C18H16N2O3S2. The first kappa shape index (κ1) is 17.2. The van der Waals surface area contributed by atoms with Crippen LogP contribution in [0.25, 0.3) is 11.1 Å². The van der Waals surface area contributed by atoms with Gasteiger partial charge in [-0.05, 0) is 17.7 Å². The summed E-state index contributed by atoms with van der Waals surface area (Å²) in [5.74, 6) is -0.757. The summed E-state index contributed by atoms with van der Waals surface area (Å²) >= 11 is 1.04. The van der Waals surface area contributed by atoms with E-state index in [1.807, 2.05) is 18.2 Å². The number of anilines is 1. The quantitative estimate of drug-likeness (QED) is 0.746. The second-order valence-corrected chi connectivity index (χ2v) is 8.13. The van der Waals surface area contributed by atoms with E-state index >= 15 is 0 Å². The SMILES string of the molecule is CN(c1ccccc1)S(=O)(=O)c1c(-c2ccccc2)csc1C(N)=O. The third-order valence-electron chi connectivity index (χ3n) is 3.79. The summed E-state index contributed by atoms with van der Waals surface area (Å²) in [7, 11) is -2.50. The molecule has 1 aromatic heterocycles. The Hall–Kier alpha value is -2.64. The number of primary amides is 1. The van der Waals surface area contributed by atoms with Crippen LogP contribution in [-0.4, -0.2) is 21.4 Å². The van der Waals surface area contributed by atoms with Gasteiger partial charge in [0.25, 0.3) is 15.9 Å². The smallest absolute Gasteiger partial charge is 0.266 e. The maximum absolute atomic E-state index is 13.2. The maximum Gasteiger partial charge on any atom is 0.266 e. The lowest BCUT2D eigenvalue weighted by atomic mass is 10.1. The molecule has 0 saturated heterocycles. The highest BCUT2D eigenvalue weighted by molar-refractivity contribution is 7.93. The van der Waals surface area contributed by atoms with Crippen LogP contribution in [0.3, 0.4) is 0 Å². The van der Waals surface area contributed by atoms with Crippen molar-refractivity contribution in [3.05, 3.63) is 70.9 Å². The molecule has 0 atom stereocenters. The second kappa shape index (κ2) is 6.70. The molecule has 3 rings (SSSR count). The number of rotatable bonds is 5. The van der Waals surface area contributed by atoms with E-state index in [4.69, 9.17) is 5.73 Å². The first-order chi connectivity index (χ1) is 11.9. The molecule has 0 fully saturated rings. The minimum atomic E-state index is -3.96. The normalized spacial score (nSPS) is 11.2. The van der Waals surface area contributed by atoms with Gasteiger partial charge in [0.15, 0.2) is 0 Å². The molecule has 128 valence electrons. The lowest BCUT2D eigenvalue weighted by Crippen LogP contribution is -2.28. The highest BCUT2D eigenvalue weighted by Crippen LogP contribution is 2.37. The summed E-state index contributed by atoms with van der Waals surface area (Å²) in [6, 6.07) is 17.8. The highest BCUT2D eigenvalue weighted by atomic mass is 32.2. The van der Waals surface area contributed by atoms with E-state index in [9.17, 15) is 13.2 Å². The van der Waals surface area contributed by atoms with Crippen LogP contribution in [-0.2, 0) is 10.0 Å². The zero-order valence-corrected chi connectivity index (χ0v) is 15.0. The van der Waals surface area contributed by atoms with E-state index in [1.54, 1.807) is 47.8 Å². The largest absolute Gasteiger partial charge is 0.365 e. The van der Waals surface area contributed by atoms with E-state index in [1.165, 1.54) is 7.05 Å². The number of benzene rings is 2. The molecule has 0 unspecified atom stereocenters. The minimum absolute atomic E-state index is 0.0293. The van der Waals surface area contributed by atoms with Crippen molar-refractivity contribution in [3.8, 4) is 11.1 Å². The summed E-state index contributed by atoms with van der Waals surface area (Å²) in [6.45, 7) is 0.